The normalized spacial score (nSPS) is 21.4. The first kappa shape index (κ1) is 29.6. The van der Waals surface area contributed by atoms with E-state index >= 15 is 0 Å². The van der Waals surface area contributed by atoms with Crippen molar-refractivity contribution in [2.24, 2.45) is 0 Å². The molecule has 4 rings (SSSR count). The van der Waals surface area contributed by atoms with E-state index in [0.29, 0.717) is 17.9 Å². The number of nitrogens with zero attached hydrogens (tertiary/aromatic N) is 2. The summed E-state index contributed by atoms with van der Waals surface area (Å²) in [5.74, 6) is -1.16. The topological polar surface area (TPSA) is 149 Å². The van der Waals surface area contributed by atoms with E-state index in [-0.39, 0.29) is 36.4 Å². The maximum absolute atomic E-state index is 13.7. The summed E-state index contributed by atoms with van der Waals surface area (Å²) in [6, 6.07) is 8.96. The zero-order valence-electron chi connectivity index (χ0n) is 21.6. The van der Waals surface area contributed by atoms with Crippen molar-refractivity contribution in [2.75, 3.05) is 32.5 Å². The van der Waals surface area contributed by atoms with E-state index in [1.54, 1.807) is 30.3 Å². The lowest BCUT2D eigenvalue weighted by atomic mass is 10.1. The lowest BCUT2D eigenvalue weighted by Gasteiger charge is -2.38. The lowest BCUT2D eigenvalue weighted by molar-refractivity contribution is -0.202. The standard InChI is InChI=1S/C24H31N3O9S3/c1-17(28)35-16-18-6-8-19(9-7-18)21-10-11-23(37-21)39(32,33)27-13-12-26(38(2,30)31)15-20(27)24(29)25-36-22-5-3-4-14-34-22/h6-11,20,22H,3-5,12-16H2,1-2H3,(H,25,29)/t20-,22?/m1/s1. The van der Waals surface area contributed by atoms with E-state index in [1.165, 1.54) is 13.0 Å². The number of benzene rings is 1. The summed E-state index contributed by atoms with van der Waals surface area (Å²) >= 11 is 1.04. The Labute approximate surface area is 231 Å². The largest absolute Gasteiger partial charge is 0.461 e. The van der Waals surface area contributed by atoms with Crippen LogP contribution in [0.15, 0.2) is 40.6 Å². The number of piperazine rings is 1. The highest BCUT2D eigenvalue weighted by Gasteiger charge is 2.43. The van der Waals surface area contributed by atoms with Gasteiger partial charge in [-0.1, -0.05) is 24.3 Å². The summed E-state index contributed by atoms with van der Waals surface area (Å²) in [6.45, 7) is 1.32. The molecule has 214 valence electrons. The predicted octanol–water partition coefficient (Wildman–Crippen LogP) is 1.69. The van der Waals surface area contributed by atoms with Crippen LogP contribution in [-0.2, 0) is 50.6 Å². The Morgan fingerprint density at radius 2 is 1.82 bits per heavy atom. The Balaban J connectivity index is 1.52. The average Bonchev–Trinajstić information content (AvgIpc) is 3.42. The maximum atomic E-state index is 13.7. The van der Waals surface area contributed by atoms with Crippen LogP contribution in [0.5, 0.6) is 0 Å². The number of hydroxylamine groups is 1. The molecule has 1 aromatic carbocycles. The van der Waals surface area contributed by atoms with E-state index in [4.69, 9.17) is 14.3 Å². The van der Waals surface area contributed by atoms with Gasteiger partial charge in [0.1, 0.15) is 16.9 Å². The molecule has 0 bridgehead atoms. The molecule has 2 atom stereocenters. The van der Waals surface area contributed by atoms with Crippen molar-refractivity contribution in [3.63, 3.8) is 0 Å². The number of ether oxygens (including phenoxy) is 2. The quantitative estimate of drug-likeness (QED) is 0.335. The summed E-state index contributed by atoms with van der Waals surface area (Å²) in [6.07, 6.45) is 2.68. The minimum Gasteiger partial charge on any atom is -0.461 e. The van der Waals surface area contributed by atoms with Gasteiger partial charge in [-0.15, -0.1) is 11.3 Å². The van der Waals surface area contributed by atoms with Crippen LogP contribution in [0.3, 0.4) is 0 Å². The second kappa shape index (κ2) is 12.4. The Kier molecular flexibility index (Phi) is 9.41. The van der Waals surface area contributed by atoms with Gasteiger partial charge in [0.15, 0.2) is 6.29 Å². The lowest BCUT2D eigenvalue weighted by Crippen LogP contribution is -2.61. The van der Waals surface area contributed by atoms with Gasteiger partial charge in [0.25, 0.3) is 15.9 Å². The van der Waals surface area contributed by atoms with Gasteiger partial charge in [-0.25, -0.2) is 27.2 Å². The van der Waals surface area contributed by atoms with E-state index in [9.17, 15) is 26.4 Å². The highest BCUT2D eigenvalue weighted by molar-refractivity contribution is 7.91. The molecule has 1 N–H and O–H groups in total. The van der Waals surface area contributed by atoms with Crippen LogP contribution >= 0.6 is 11.3 Å². The van der Waals surface area contributed by atoms with E-state index in [1.807, 2.05) is 0 Å². The van der Waals surface area contributed by atoms with Crippen molar-refractivity contribution in [1.29, 1.82) is 0 Å². The first-order chi connectivity index (χ1) is 18.4. The molecule has 2 fully saturated rings. The Bertz CT molecular complexity index is 1390. The summed E-state index contributed by atoms with van der Waals surface area (Å²) in [5, 5.41) is 0. The predicted molar refractivity (Wildman–Crippen MR) is 142 cm³/mol. The number of hydrogen-bond acceptors (Lipinski definition) is 10. The second-order valence-electron chi connectivity index (χ2n) is 9.23. The van der Waals surface area contributed by atoms with Crippen LogP contribution in [-0.4, -0.2) is 82.2 Å². The molecule has 2 aliphatic rings. The van der Waals surface area contributed by atoms with Crippen LogP contribution < -0.4 is 5.48 Å². The third-order valence-corrected chi connectivity index (χ3v) is 11.1. The summed E-state index contributed by atoms with van der Waals surface area (Å²) in [5.41, 5.74) is 3.84. The number of nitrogens with one attached hydrogen (secondary N) is 1. The van der Waals surface area contributed by atoms with Gasteiger partial charge in [0.05, 0.1) is 6.26 Å². The molecule has 0 radical (unpaired) electrons. The van der Waals surface area contributed by atoms with Gasteiger partial charge in [-0.05, 0) is 36.1 Å². The molecule has 12 nitrogen and oxygen atoms in total. The molecule has 1 amide bonds. The molecule has 0 spiro atoms. The first-order valence-corrected chi connectivity index (χ1v) is 16.4. The molecule has 0 aliphatic carbocycles. The Morgan fingerprint density at radius 3 is 2.46 bits per heavy atom. The average molecular weight is 602 g/mol. The van der Waals surface area contributed by atoms with Gasteiger partial charge >= 0.3 is 5.97 Å². The summed E-state index contributed by atoms with van der Waals surface area (Å²) in [7, 11) is -7.82. The molecule has 39 heavy (non-hydrogen) atoms. The number of carbonyl (C=O) groups is 2. The number of hydrogen-bond donors (Lipinski definition) is 1. The monoisotopic (exact) mass is 601 g/mol. The minimum absolute atomic E-state index is 0.0172. The second-order valence-corrected chi connectivity index (χ2v) is 14.4. The fourth-order valence-electron chi connectivity index (χ4n) is 4.22. The highest BCUT2D eigenvalue weighted by atomic mass is 32.2. The highest BCUT2D eigenvalue weighted by Crippen LogP contribution is 2.34. The maximum Gasteiger partial charge on any atom is 0.302 e. The summed E-state index contributed by atoms with van der Waals surface area (Å²) < 4.78 is 64.3. The molecule has 1 aromatic heterocycles. The molecule has 2 aliphatic heterocycles. The molecular formula is C24H31N3O9S3. The van der Waals surface area contributed by atoms with Crippen molar-refractivity contribution in [2.45, 2.75) is 49.3 Å². The number of rotatable bonds is 9. The number of esters is 1. The van der Waals surface area contributed by atoms with Crippen molar-refractivity contribution in [1.82, 2.24) is 14.1 Å². The zero-order valence-corrected chi connectivity index (χ0v) is 24.0. The third-order valence-electron chi connectivity index (χ3n) is 6.32. The molecular weight excluding hydrogens is 570 g/mol. The van der Waals surface area contributed by atoms with E-state index < -0.39 is 38.3 Å². The van der Waals surface area contributed by atoms with Crippen LogP contribution in [0.2, 0.25) is 0 Å². The first-order valence-electron chi connectivity index (χ1n) is 12.3. The summed E-state index contributed by atoms with van der Waals surface area (Å²) in [4.78, 5) is 30.2. The molecule has 15 heteroatoms. The number of carbonyl (C=O) groups excluding carboxylic acids is 2. The molecule has 0 saturated carbocycles. The minimum atomic E-state index is -4.16. The van der Waals surface area contributed by atoms with Crippen molar-refractivity contribution in [3.8, 4) is 10.4 Å². The molecule has 3 heterocycles. The van der Waals surface area contributed by atoms with Crippen LogP contribution in [0.1, 0.15) is 31.7 Å². The Hall–Kier alpha value is -2.40. The number of sulfonamides is 2. The molecule has 1 unspecified atom stereocenters. The van der Waals surface area contributed by atoms with Crippen molar-refractivity contribution in [3.05, 3.63) is 42.0 Å². The SMILES string of the molecule is CC(=O)OCc1ccc(-c2ccc(S(=O)(=O)N3CCN(S(C)(=O)=O)C[C@@H]3C(=O)NOC3CCCCO3)s2)cc1. The van der Waals surface area contributed by atoms with Crippen LogP contribution in [0.4, 0.5) is 0 Å². The van der Waals surface area contributed by atoms with E-state index in [2.05, 4.69) is 5.48 Å². The van der Waals surface area contributed by atoms with Crippen LogP contribution in [0, 0.1) is 0 Å². The molecule has 2 saturated heterocycles. The van der Waals surface area contributed by atoms with Gasteiger partial charge in [0.2, 0.25) is 10.0 Å². The van der Waals surface area contributed by atoms with Crippen LogP contribution in [0.25, 0.3) is 10.4 Å². The number of thiophene rings is 1. The van der Waals surface area contributed by atoms with Crippen molar-refractivity contribution >= 4 is 43.3 Å². The smallest absolute Gasteiger partial charge is 0.302 e. The molecule has 2 aromatic rings. The zero-order chi connectivity index (χ0) is 28.2. The number of amides is 1. The van der Waals surface area contributed by atoms with Gasteiger partial charge in [-0.2, -0.15) is 8.61 Å². The fourth-order valence-corrected chi connectivity index (χ4v) is 8.06. The Morgan fingerprint density at radius 1 is 1.08 bits per heavy atom. The fraction of sp³-hybridized carbons (Fsp3) is 0.500. The van der Waals surface area contributed by atoms with Gasteiger partial charge < -0.3 is 9.47 Å². The van der Waals surface area contributed by atoms with Gasteiger partial charge in [-0.3, -0.25) is 9.59 Å². The van der Waals surface area contributed by atoms with E-state index in [0.717, 1.165) is 50.2 Å². The third kappa shape index (κ3) is 7.42. The van der Waals surface area contributed by atoms with Crippen molar-refractivity contribution < 1.29 is 40.7 Å². The van der Waals surface area contributed by atoms with Gasteiger partial charge in [0, 0.05) is 44.5 Å².